The summed E-state index contributed by atoms with van der Waals surface area (Å²) in [6.07, 6.45) is 0. The van der Waals surface area contributed by atoms with E-state index in [4.69, 9.17) is 28.5 Å². The number of nitriles is 1. The van der Waals surface area contributed by atoms with Gasteiger partial charge >= 0.3 is 0 Å². The number of nitrogens with zero attached hydrogens (tertiary/aromatic N) is 2. The van der Waals surface area contributed by atoms with Crippen LogP contribution in [0.15, 0.2) is 35.2 Å². The van der Waals surface area contributed by atoms with E-state index >= 15 is 0 Å². The van der Waals surface area contributed by atoms with Gasteiger partial charge in [0.05, 0.1) is 16.9 Å². The maximum Gasteiger partial charge on any atom is 0.263 e. The molecule has 1 aromatic carbocycles. The summed E-state index contributed by atoms with van der Waals surface area (Å²) in [4.78, 5) is 3.77. The first-order chi connectivity index (χ1) is 9.83. The molecule has 1 N–H and O–H groups in total. The molecule has 0 spiro atoms. The van der Waals surface area contributed by atoms with E-state index in [1.165, 1.54) is 30.3 Å². The van der Waals surface area contributed by atoms with Gasteiger partial charge in [0.2, 0.25) is 0 Å². The Bertz CT molecular complexity index is 845. The molecule has 0 saturated carbocycles. The largest absolute Gasteiger partial charge is 0.278 e. The molecule has 0 fully saturated rings. The fraction of sp³-hybridized carbons (Fsp3) is 0.0769. The maximum atomic E-state index is 12.4. The van der Waals surface area contributed by atoms with Gasteiger partial charge in [0, 0.05) is 5.02 Å². The van der Waals surface area contributed by atoms with E-state index in [2.05, 4.69) is 9.71 Å². The highest BCUT2D eigenvalue weighted by Crippen LogP contribution is 2.24. The van der Waals surface area contributed by atoms with Crippen LogP contribution in [0.3, 0.4) is 0 Å². The first-order valence-corrected chi connectivity index (χ1v) is 7.93. The molecule has 0 aliphatic rings. The number of benzene rings is 1. The van der Waals surface area contributed by atoms with Crippen molar-refractivity contribution in [3.05, 3.63) is 51.8 Å². The number of hydrogen-bond donors (Lipinski definition) is 1. The molecule has 108 valence electrons. The number of rotatable bonds is 3. The van der Waals surface area contributed by atoms with Gasteiger partial charge in [-0.2, -0.15) is 5.26 Å². The lowest BCUT2D eigenvalue weighted by atomic mass is 10.2. The molecule has 0 radical (unpaired) electrons. The summed E-state index contributed by atoms with van der Waals surface area (Å²) in [6, 6.07) is 8.82. The predicted octanol–water partition coefficient (Wildman–Crippen LogP) is 3.37. The van der Waals surface area contributed by atoms with Gasteiger partial charge in [-0.25, -0.2) is 13.4 Å². The van der Waals surface area contributed by atoms with Crippen molar-refractivity contribution in [2.75, 3.05) is 4.72 Å². The lowest BCUT2D eigenvalue weighted by molar-refractivity contribution is 0.601. The molecule has 8 heteroatoms. The van der Waals surface area contributed by atoms with Crippen molar-refractivity contribution in [2.24, 2.45) is 0 Å². The second-order valence-corrected chi connectivity index (χ2v) is 6.60. The molecule has 0 bridgehead atoms. The van der Waals surface area contributed by atoms with Crippen molar-refractivity contribution in [2.45, 2.75) is 11.8 Å². The fourth-order valence-corrected chi connectivity index (χ4v) is 3.38. The third-order valence-electron chi connectivity index (χ3n) is 2.65. The second-order valence-electron chi connectivity index (χ2n) is 4.12. The van der Waals surface area contributed by atoms with Crippen molar-refractivity contribution in [3.8, 4) is 6.07 Å². The molecule has 21 heavy (non-hydrogen) atoms. The van der Waals surface area contributed by atoms with E-state index in [9.17, 15) is 8.42 Å². The first kappa shape index (κ1) is 15.6. The Balaban J connectivity index is 2.48. The van der Waals surface area contributed by atoms with Crippen LogP contribution in [0.5, 0.6) is 0 Å². The number of aromatic nitrogens is 1. The Hall–Kier alpha value is -1.81. The fourth-order valence-electron chi connectivity index (χ4n) is 1.65. The zero-order valence-electron chi connectivity index (χ0n) is 10.8. The predicted molar refractivity (Wildman–Crippen MR) is 81.0 cm³/mol. The topological polar surface area (TPSA) is 82.8 Å². The summed E-state index contributed by atoms with van der Waals surface area (Å²) in [5.41, 5.74) is 0.710. The lowest BCUT2D eigenvalue weighted by Crippen LogP contribution is -2.15. The highest BCUT2D eigenvalue weighted by molar-refractivity contribution is 7.92. The smallest absolute Gasteiger partial charge is 0.263 e. The zero-order chi connectivity index (χ0) is 15.6. The SMILES string of the molecule is Cc1nc(Cl)ccc1NS(=O)(=O)c1cc(Cl)ccc1C#N. The Morgan fingerprint density at radius 1 is 1.24 bits per heavy atom. The second kappa shape index (κ2) is 5.90. The molecule has 1 aromatic heterocycles. The van der Waals surface area contributed by atoms with Crippen LogP contribution in [0.25, 0.3) is 0 Å². The van der Waals surface area contributed by atoms with Gasteiger partial charge in [0.25, 0.3) is 10.0 Å². The van der Waals surface area contributed by atoms with E-state index in [1.807, 2.05) is 6.07 Å². The van der Waals surface area contributed by atoms with Crippen molar-refractivity contribution in [1.29, 1.82) is 5.26 Å². The van der Waals surface area contributed by atoms with E-state index in [0.29, 0.717) is 5.69 Å². The minimum Gasteiger partial charge on any atom is -0.278 e. The third kappa shape index (κ3) is 3.45. The molecule has 5 nitrogen and oxygen atoms in total. The summed E-state index contributed by atoms with van der Waals surface area (Å²) in [5, 5.41) is 9.50. The summed E-state index contributed by atoms with van der Waals surface area (Å²) in [5.74, 6) is 0. The third-order valence-corrected chi connectivity index (χ3v) is 4.50. The van der Waals surface area contributed by atoms with Gasteiger partial charge < -0.3 is 0 Å². The van der Waals surface area contributed by atoms with Crippen molar-refractivity contribution in [3.63, 3.8) is 0 Å². The van der Waals surface area contributed by atoms with Crippen LogP contribution in [0.1, 0.15) is 11.3 Å². The van der Waals surface area contributed by atoms with E-state index < -0.39 is 10.0 Å². The highest BCUT2D eigenvalue weighted by Gasteiger charge is 2.20. The van der Waals surface area contributed by atoms with E-state index in [0.717, 1.165) is 0 Å². The average molecular weight is 342 g/mol. The summed E-state index contributed by atoms with van der Waals surface area (Å²) >= 11 is 11.5. The molecule has 0 aliphatic heterocycles. The molecular weight excluding hydrogens is 333 g/mol. The Morgan fingerprint density at radius 2 is 1.95 bits per heavy atom. The standard InChI is InChI=1S/C13H9Cl2N3O2S/c1-8-11(4-5-13(15)17-8)18-21(19,20)12-6-10(14)3-2-9(12)7-16/h2-6,18H,1H3. The lowest BCUT2D eigenvalue weighted by Gasteiger charge is -2.11. The first-order valence-electron chi connectivity index (χ1n) is 5.69. The zero-order valence-corrected chi connectivity index (χ0v) is 13.1. The number of halogens is 2. The van der Waals surface area contributed by atoms with E-state index in [1.54, 1.807) is 6.92 Å². The van der Waals surface area contributed by atoms with Gasteiger partial charge in [-0.3, -0.25) is 4.72 Å². The van der Waals surface area contributed by atoms with Crippen LogP contribution in [0, 0.1) is 18.3 Å². The van der Waals surface area contributed by atoms with Crippen molar-refractivity contribution >= 4 is 38.9 Å². The quantitative estimate of drug-likeness (QED) is 0.867. The van der Waals surface area contributed by atoms with Crippen LogP contribution in [-0.2, 0) is 10.0 Å². The van der Waals surface area contributed by atoms with Gasteiger partial charge in [0.15, 0.2) is 0 Å². The molecule has 0 atom stereocenters. The number of nitrogens with one attached hydrogen (secondary N) is 1. The Kier molecular flexibility index (Phi) is 4.37. The summed E-state index contributed by atoms with van der Waals surface area (Å²) < 4.78 is 27.2. The van der Waals surface area contributed by atoms with E-state index in [-0.39, 0.29) is 26.3 Å². The summed E-state index contributed by atoms with van der Waals surface area (Å²) in [7, 11) is -3.95. The van der Waals surface area contributed by atoms with Crippen LogP contribution in [0.4, 0.5) is 5.69 Å². The maximum absolute atomic E-state index is 12.4. The van der Waals surface area contributed by atoms with Crippen LogP contribution >= 0.6 is 23.2 Å². The Morgan fingerprint density at radius 3 is 2.57 bits per heavy atom. The van der Waals surface area contributed by atoms with Gasteiger partial charge in [0.1, 0.15) is 16.1 Å². The van der Waals surface area contributed by atoms with Gasteiger partial charge in [-0.1, -0.05) is 23.2 Å². The minimum atomic E-state index is -3.95. The van der Waals surface area contributed by atoms with Gasteiger partial charge in [-0.15, -0.1) is 0 Å². The van der Waals surface area contributed by atoms with Gasteiger partial charge in [-0.05, 0) is 37.3 Å². The van der Waals surface area contributed by atoms with Crippen LogP contribution < -0.4 is 4.72 Å². The molecule has 0 saturated heterocycles. The molecule has 0 aliphatic carbocycles. The number of aryl methyl sites for hydroxylation is 1. The molecule has 2 aromatic rings. The number of anilines is 1. The number of pyridine rings is 1. The number of sulfonamides is 1. The average Bonchev–Trinajstić information content (AvgIpc) is 2.42. The minimum absolute atomic E-state index is 0.00600. The van der Waals surface area contributed by atoms with Crippen LogP contribution in [0.2, 0.25) is 10.2 Å². The van der Waals surface area contributed by atoms with Crippen molar-refractivity contribution in [1.82, 2.24) is 4.98 Å². The molecular formula is C13H9Cl2N3O2S. The van der Waals surface area contributed by atoms with Crippen LogP contribution in [-0.4, -0.2) is 13.4 Å². The molecule has 0 amide bonds. The highest BCUT2D eigenvalue weighted by atomic mass is 35.5. The number of hydrogen-bond acceptors (Lipinski definition) is 4. The molecule has 0 unspecified atom stereocenters. The van der Waals surface area contributed by atoms with Crippen molar-refractivity contribution < 1.29 is 8.42 Å². The molecule has 2 rings (SSSR count). The normalized spacial score (nSPS) is 11.0. The summed E-state index contributed by atoms with van der Waals surface area (Å²) in [6.45, 7) is 1.62. The monoisotopic (exact) mass is 341 g/mol. The molecule has 1 heterocycles. The Labute approximate surface area is 132 Å².